The summed E-state index contributed by atoms with van der Waals surface area (Å²) < 4.78 is 11.6. The van der Waals surface area contributed by atoms with Crippen molar-refractivity contribution in [1.82, 2.24) is 0 Å². The molecule has 0 atom stereocenters. The molecular weight excluding hydrogens is 302 g/mol. The molecule has 4 aromatic rings. The number of ether oxygens (including phenoxy) is 1. The molecule has 24 heavy (non-hydrogen) atoms. The Labute approximate surface area is 138 Å². The molecule has 0 radical (unpaired) electrons. The summed E-state index contributed by atoms with van der Waals surface area (Å²) >= 11 is 0. The predicted molar refractivity (Wildman–Crippen MR) is 94.0 cm³/mol. The summed E-state index contributed by atoms with van der Waals surface area (Å²) in [4.78, 5) is 0. The number of fused-ring (bicyclic) bond motifs is 3. The highest BCUT2D eigenvalue weighted by Crippen LogP contribution is 2.31. The van der Waals surface area contributed by atoms with Crippen LogP contribution in [0.4, 0.5) is 0 Å². The van der Waals surface area contributed by atoms with Crippen molar-refractivity contribution in [3.8, 4) is 5.75 Å². The van der Waals surface area contributed by atoms with Crippen LogP contribution in [0.5, 0.6) is 5.75 Å². The molecule has 0 unspecified atom stereocenters. The molecule has 0 saturated carbocycles. The number of benzene rings is 3. The molecule has 0 spiro atoms. The molecule has 118 valence electrons. The average Bonchev–Trinajstić information content (AvgIpc) is 3.01. The Bertz CT molecular complexity index is 1020. The third-order valence-corrected chi connectivity index (χ3v) is 3.95. The minimum absolute atomic E-state index is 0.182. The van der Waals surface area contributed by atoms with Crippen LogP contribution in [0.25, 0.3) is 21.9 Å². The van der Waals surface area contributed by atoms with Gasteiger partial charge in [-0.3, -0.25) is 0 Å². The lowest BCUT2D eigenvalue weighted by Gasteiger charge is -2.08. The van der Waals surface area contributed by atoms with Crippen molar-refractivity contribution in [3.05, 3.63) is 78.4 Å². The summed E-state index contributed by atoms with van der Waals surface area (Å²) in [5.74, 6) is 0.700. The van der Waals surface area contributed by atoms with Crippen LogP contribution in [-0.4, -0.2) is 17.5 Å². The normalized spacial score (nSPS) is 11.9. The summed E-state index contributed by atoms with van der Waals surface area (Å²) in [5, 5.41) is 14.6. The van der Waals surface area contributed by atoms with Gasteiger partial charge in [0.1, 0.15) is 29.2 Å². The molecule has 1 N–H and O–H groups in total. The van der Waals surface area contributed by atoms with Crippen LogP contribution in [0.15, 0.2) is 82.4 Å². The summed E-state index contributed by atoms with van der Waals surface area (Å²) in [5.41, 5.74) is 2.98. The highest BCUT2D eigenvalue weighted by Gasteiger charge is 2.09. The number of nitrogens with zero attached hydrogens (tertiary/aromatic N) is 1. The Morgan fingerprint density at radius 2 is 1.62 bits per heavy atom. The van der Waals surface area contributed by atoms with E-state index in [0.29, 0.717) is 11.5 Å². The monoisotopic (exact) mass is 317 g/mol. The van der Waals surface area contributed by atoms with Crippen LogP contribution in [0, 0.1) is 0 Å². The molecule has 0 aliphatic rings. The van der Waals surface area contributed by atoms with Crippen molar-refractivity contribution in [3.63, 3.8) is 0 Å². The van der Waals surface area contributed by atoms with E-state index >= 15 is 0 Å². The zero-order valence-corrected chi connectivity index (χ0v) is 12.8. The van der Waals surface area contributed by atoms with E-state index in [1.807, 2.05) is 72.8 Å². The molecule has 0 saturated heterocycles. The topological polar surface area (TPSA) is 55.0 Å². The number of rotatable bonds is 4. The lowest BCUT2D eigenvalue weighted by Crippen LogP contribution is -2.12. The average molecular weight is 317 g/mol. The van der Waals surface area contributed by atoms with Gasteiger partial charge in [0.15, 0.2) is 0 Å². The summed E-state index contributed by atoms with van der Waals surface area (Å²) in [7, 11) is 0. The number of hydrogen-bond donors (Lipinski definition) is 1. The summed E-state index contributed by atoms with van der Waals surface area (Å²) in [6.45, 7) is 0.182. The van der Waals surface area contributed by atoms with Gasteiger partial charge in [-0.05, 0) is 24.3 Å². The standard InChI is InChI=1S/C20H15NO3/c22-21-18(14-6-2-1-3-7-14)13-23-15-10-11-20-17(12-15)16-8-4-5-9-19(16)24-20/h1-12,22H,13H2/b21-18-. The number of para-hydroxylation sites is 1. The lowest BCUT2D eigenvalue weighted by molar-refractivity contribution is 0.308. The van der Waals surface area contributed by atoms with Gasteiger partial charge in [-0.25, -0.2) is 0 Å². The second kappa shape index (κ2) is 6.08. The first-order valence-corrected chi connectivity index (χ1v) is 7.65. The van der Waals surface area contributed by atoms with E-state index in [9.17, 15) is 5.21 Å². The molecule has 1 heterocycles. The first-order chi connectivity index (χ1) is 11.8. The van der Waals surface area contributed by atoms with Crippen molar-refractivity contribution in [2.45, 2.75) is 0 Å². The number of oxime groups is 1. The first-order valence-electron chi connectivity index (χ1n) is 7.65. The quantitative estimate of drug-likeness (QED) is 0.333. The summed E-state index contributed by atoms with van der Waals surface area (Å²) in [6, 6.07) is 23.1. The van der Waals surface area contributed by atoms with Crippen molar-refractivity contribution < 1.29 is 14.4 Å². The zero-order valence-electron chi connectivity index (χ0n) is 12.8. The highest BCUT2D eigenvalue weighted by atomic mass is 16.5. The van der Waals surface area contributed by atoms with E-state index < -0.39 is 0 Å². The van der Waals surface area contributed by atoms with Gasteiger partial charge in [0.25, 0.3) is 0 Å². The molecule has 4 nitrogen and oxygen atoms in total. The minimum Gasteiger partial charge on any atom is -0.487 e. The Morgan fingerprint density at radius 1 is 0.875 bits per heavy atom. The molecule has 0 bridgehead atoms. The molecular formula is C20H15NO3. The SMILES string of the molecule is O/N=C(/COc1ccc2oc3ccccc3c2c1)c1ccccc1. The number of hydrogen-bond acceptors (Lipinski definition) is 4. The van der Waals surface area contributed by atoms with Crippen molar-refractivity contribution in [1.29, 1.82) is 0 Å². The maximum absolute atomic E-state index is 9.23. The van der Waals surface area contributed by atoms with Crippen molar-refractivity contribution in [2.75, 3.05) is 6.61 Å². The van der Waals surface area contributed by atoms with Gasteiger partial charge in [-0.15, -0.1) is 0 Å². The van der Waals surface area contributed by atoms with Gasteiger partial charge >= 0.3 is 0 Å². The highest BCUT2D eigenvalue weighted by molar-refractivity contribution is 6.05. The third kappa shape index (κ3) is 2.58. The molecule has 0 aliphatic carbocycles. The fraction of sp³-hybridized carbons (Fsp3) is 0.0500. The van der Waals surface area contributed by atoms with Crippen LogP contribution >= 0.6 is 0 Å². The van der Waals surface area contributed by atoms with Gasteiger partial charge in [0.2, 0.25) is 0 Å². The fourth-order valence-electron chi connectivity index (χ4n) is 2.75. The van der Waals surface area contributed by atoms with E-state index in [0.717, 1.165) is 27.5 Å². The second-order valence-electron chi connectivity index (χ2n) is 5.46. The zero-order chi connectivity index (χ0) is 16.4. The van der Waals surface area contributed by atoms with Crippen LogP contribution in [0.2, 0.25) is 0 Å². The van der Waals surface area contributed by atoms with Gasteiger partial charge < -0.3 is 14.4 Å². The molecule has 1 aromatic heterocycles. The van der Waals surface area contributed by atoms with Gasteiger partial charge in [-0.1, -0.05) is 53.7 Å². The van der Waals surface area contributed by atoms with Crippen molar-refractivity contribution >= 4 is 27.7 Å². The molecule has 4 rings (SSSR count). The van der Waals surface area contributed by atoms with Crippen LogP contribution in [0.3, 0.4) is 0 Å². The molecule has 0 fully saturated rings. The predicted octanol–water partition coefficient (Wildman–Crippen LogP) is 4.84. The maximum atomic E-state index is 9.23. The van der Waals surface area contributed by atoms with Gasteiger partial charge in [0, 0.05) is 16.3 Å². The molecule has 0 aliphatic heterocycles. The van der Waals surface area contributed by atoms with E-state index in [1.54, 1.807) is 0 Å². The van der Waals surface area contributed by atoms with E-state index in [4.69, 9.17) is 9.15 Å². The van der Waals surface area contributed by atoms with Crippen LogP contribution < -0.4 is 4.74 Å². The minimum atomic E-state index is 0.182. The third-order valence-electron chi connectivity index (χ3n) is 3.95. The van der Waals surface area contributed by atoms with Gasteiger partial charge in [-0.2, -0.15) is 0 Å². The van der Waals surface area contributed by atoms with Crippen molar-refractivity contribution in [2.24, 2.45) is 5.16 Å². The second-order valence-corrected chi connectivity index (χ2v) is 5.46. The maximum Gasteiger partial charge on any atom is 0.135 e. The largest absolute Gasteiger partial charge is 0.487 e. The fourth-order valence-corrected chi connectivity index (χ4v) is 2.75. The Kier molecular flexibility index (Phi) is 3.63. The van der Waals surface area contributed by atoms with E-state index in [2.05, 4.69) is 5.16 Å². The summed E-state index contributed by atoms with van der Waals surface area (Å²) in [6.07, 6.45) is 0. The van der Waals surface area contributed by atoms with Crippen LogP contribution in [-0.2, 0) is 0 Å². The van der Waals surface area contributed by atoms with E-state index in [-0.39, 0.29) is 6.61 Å². The Morgan fingerprint density at radius 3 is 2.46 bits per heavy atom. The van der Waals surface area contributed by atoms with Crippen LogP contribution in [0.1, 0.15) is 5.56 Å². The number of furan rings is 1. The Hall–Kier alpha value is -3.27. The lowest BCUT2D eigenvalue weighted by atomic mass is 10.1. The Balaban J connectivity index is 1.61. The van der Waals surface area contributed by atoms with E-state index in [1.165, 1.54) is 0 Å². The first kappa shape index (κ1) is 14.3. The molecule has 3 aromatic carbocycles. The molecule has 4 heteroatoms. The van der Waals surface area contributed by atoms with Gasteiger partial charge in [0.05, 0.1) is 0 Å². The smallest absolute Gasteiger partial charge is 0.135 e. The molecule has 0 amide bonds.